The second-order valence-corrected chi connectivity index (χ2v) is 4.56. The molecule has 1 aromatic carbocycles. The van der Waals surface area contributed by atoms with Crippen molar-refractivity contribution in [3.63, 3.8) is 0 Å². The normalized spacial score (nSPS) is 14.1. The van der Waals surface area contributed by atoms with Crippen LogP contribution in [0.15, 0.2) is 24.3 Å². The fourth-order valence-corrected chi connectivity index (χ4v) is 1.65. The first kappa shape index (κ1) is 13.7. The van der Waals surface area contributed by atoms with Gasteiger partial charge < -0.3 is 10.4 Å². The smallest absolute Gasteiger partial charge is 0.227 e. The standard InChI is InChI=1S/C14H21NO2/c1-10-5-4-6-13(9-10)12(3)14(17)15-8-7-11(2)16/h4-6,9,11-12,16H,7-8H2,1-3H3,(H,15,17). The van der Waals surface area contributed by atoms with E-state index in [2.05, 4.69) is 5.32 Å². The summed E-state index contributed by atoms with van der Waals surface area (Å²) in [4.78, 5) is 11.8. The lowest BCUT2D eigenvalue weighted by atomic mass is 9.98. The van der Waals surface area contributed by atoms with E-state index in [-0.39, 0.29) is 17.9 Å². The molecule has 0 aliphatic heterocycles. The Bertz CT molecular complexity index is 374. The Kier molecular flexibility index (Phi) is 5.16. The van der Waals surface area contributed by atoms with Gasteiger partial charge in [-0.2, -0.15) is 0 Å². The summed E-state index contributed by atoms with van der Waals surface area (Å²) in [5.74, 6) is -0.139. The molecule has 0 heterocycles. The zero-order chi connectivity index (χ0) is 12.8. The second-order valence-electron chi connectivity index (χ2n) is 4.56. The molecular formula is C14H21NO2. The van der Waals surface area contributed by atoms with Crippen LogP contribution < -0.4 is 5.32 Å². The Hall–Kier alpha value is -1.35. The quantitative estimate of drug-likeness (QED) is 0.820. The molecule has 2 unspecified atom stereocenters. The second kappa shape index (κ2) is 6.40. The van der Waals surface area contributed by atoms with E-state index in [1.54, 1.807) is 6.92 Å². The average molecular weight is 235 g/mol. The first-order valence-electron chi connectivity index (χ1n) is 6.03. The van der Waals surface area contributed by atoms with E-state index in [1.165, 1.54) is 0 Å². The number of carbonyl (C=O) groups is 1. The van der Waals surface area contributed by atoms with Gasteiger partial charge >= 0.3 is 0 Å². The number of aliphatic hydroxyl groups is 1. The molecule has 1 aromatic rings. The molecule has 0 saturated heterocycles. The molecule has 2 N–H and O–H groups in total. The fourth-order valence-electron chi connectivity index (χ4n) is 1.65. The van der Waals surface area contributed by atoms with E-state index in [9.17, 15) is 4.79 Å². The number of benzene rings is 1. The molecule has 1 rings (SSSR count). The maximum atomic E-state index is 11.8. The summed E-state index contributed by atoms with van der Waals surface area (Å²) < 4.78 is 0. The summed E-state index contributed by atoms with van der Waals surface area (Å²) in [6, 6.07) is 7.97. The molecule has 0 aromatic heterocycles. The molecule has 3 heteroatoms. The van der Waals surface area contributed by atoms with Crippen LogP contribution in [-0.2, 0) is 4.79 Å². The average Bonchev–Trinajstić information content (AvgIpc) is 2.27. The van der Waals surface area contributed by atoms with Crippen LogP contribution in [0.3, 0.4) is 0 Å². The Balaban J connectivity index is 2.52. The summed E-state index contributed by atoms with van der Waals surface area (Å²) in [7, 11) is 0. The van der Waals surface area contributed by atoms with Crippen LogP contribution in [0.2, 0.25) is 0 Å². The summed E-state index contributed by atoms with van der Waals surface area (Å²) >= 11 is 0. The molecule has 17 heavy (non-hydrogen) atoms. The molecule has 0 spiro atoms. The van der Waals surface area contributed by atoms with Gasteiger partial charge in [0.25, 0.3) is 0 Å². The Labute approximate surface area is 103 Å². The van der Waals surface area contributed by atoms with Crippen molar-refractivity contribution < 1.29 is 9.90 Å². The predicted octanol–water partition coefficient (Wildman–Crippen LogP) is 1.99. The van der Waals surface area contributed by atoms with E-state index in [0.29, 0.717) is 13.0 Å². The van der Waals surface area contributed by atoms with Crippen molar-refractivity contribution in [3.05, 3.63) is 35.4 Å². The van der Waals surface area contributed by atoms with Crippen molar-refractivity contribution in [1.29, 1.82) is 0 Å². The maximum absolute atomic E-state index is 11.8. The van der Waals surface area contributed by atoms with Gasteiger partial charge in [0.1, 0.15) is 0 Å². The zero-order valence-corrected chi connectivity index (χ0v) is 10.7. The molecule has 0 saturated carbocycles. The summed E-state index contributed by atoms with van der Waals surface area (Å²) in [6.45, 7) is 6.15. The third-order valence-corrected chi connectivity index (χ3v) is 2.80. The molecule has 0 radical (unpaired) electrons. The van der Waals surface area contributed by atoms with Gasteiger partial charge in [0.2, 0.25) is 5.91 Å². The van der Waals surface area contributed by atoms with Gasteiger partial charge in [0.05, 0.1) is 12.0 Å². The zero-order valence-electron chi connectivity index (χ0n) is 10.7. The molecule has 1 amide bonds. The highest BCUT2D eigenvalue weighted by atomic mass is 16.3. The molecule has 0 bridgehead atoms. The Morgan fingerprint density at radius 3 is 2.71 bits per heavy atom. The van der Waals surface area contributed by atoms with E-state index in [1.807, 2.05) is 38.1 Å². The highest BCUT2D eigenvalue weighted by Gasteiger charge is 2.14. The van der Waals surface area contributed by atoms with Crippen molar-refractivity contribution in [2.45, 2.75) is 39.2 Å². The van der Waals surface area contributed by atoms with Crippen molar-refractivity contribution in [1.82, 2.24) is 5.32 Å². The number of aryl methyl sites for hydroxylation is 1. The number of nitrogens with one attached hydrogen (secondary N) is 1. The van der Waals surface area contributed by atoms with Crippen LogP contribution in [0, 0.1) is 6.92 Å². The molecular weight excluding hydrogens is 214 g/mol. The van der Waals surface area contributed by atoms with Gasteiger partial charge in [-0.25, -0.2) is 0 Å². The predicted molar refractivity (Wildman–Crippen MR) is 68.9 cm³/mol. The topological polar surface area (TPSA) is 49.3 Å². The first-order chi connectivity index (χ1) is 8.00. The number of amides is 1. The van der Waals surface area contributed by atoms with Crippen LogP contribution >= 0.6 is 0 Å². The SMILES string of the molecule is Cc1cccc(C(C)C(=O)NCCC(C)O)c1. The number of carbonyl (C=O) groups excluding carboxylic acids is 1. The van der Waals surface area contributed by atoms with Crippen LogP contribution in [-0.4, -0.2) is 23.7 Å². The minimum Gasteiger partial charge on any atom is -0.393 e. The van der Waals surface area contributed by atoms with Crippen molar-refractivity contribution in [2.24, 2.45) is 0 Å². The Morgan fingerprint density at radius 2 is 2.12 bits per heavy atom. The summed E-state index contributed by atoms with van der Waals surface area (Å²) in [6.07, 6.45) is 0.219. The monoisotopic (exact) mass is 235 g/mol. The van der Waals surface area contributed by atoms with Crippen LogP contribution in [0.25, 0.3) is 0 Å². The van der Waals surface area contributed by atoms with Crippen molar-refractivity contribution in [3.8, 4) is 0 Å². The fraction of sp³-hybridized carbons (Fsp3) is 0.500. The van der Waals surface area contributed by atoms with Gasteiger partial charge in [-0.3, -0.25) is 4.79 Å². The van der Waals surface area contributed by atoms with Crippen LogP contribution in [0.5, 0.6) is 0 Å². The lowest BCUT2D eigenvalue weighted by molar-refractivity contribution is -0.122. The van der Waals surface area contributed by atoms with Crippen LogP contribution in [0.1, 0.15) is 37.3 Å². The van der Waals surface area contributed by atoms with Crippen molar-refractivity contribution >= 4 is 5.91 Å². The third-order valence-electron chi connectivity index (χ3n) is 2.80. The van der Waals surface area contributed by atoms with Gasteiger partial charge in [-0.15, -0.1) is 0 Å². The summed E-state index contributed by atoms with van der Waals surface area (Å²) in [5.41, 5.74) is 2.19. The maximum Gasteiger partial charge on any atom is 0.227 e. The molecule has 2 atom stereocenters. The van der Waals surface area contributed by atoms with Crippen LogP contribution in [0.4, 0.5) is 0 Å². The third kappa shape index (κ3) is 4.57. The lowest BCUT2D eigenvalue weighted by Crippen LogP contribution is -2.30. The number of aliphatic hydroxyl groups excluding tert-OH is 1. The molecule has 0 fully saturated rings. The van der Waals surface area contributed by atoms with Gasteiger partial charge in [0, 0.05) is 6.54 Å². The van der Waals surface area contributed by atoms with E-state index >= 15 is 0 Å². The first-order valence-corrected chi connectivity index (χ1v) is 6.03. The molecule has 3 nitrogen and oxygen atoms in total. The van der Waals surface area contributed by atoms with E-state index in [4.69, 9.17) is 5.11 Å². The lowest BCUT2D eigenvalue weighted by Gasteiger charge is -2.13. The Morgan fingerprint density at radius 1 is 1.41 bits per heavy atom. The van der Waals surface area contributed by atoms with Gasteiger partial charge in [-0.1, -0.05) is 29.8 Å². The van der Waals surface area contributed by atoms with E-state index < -0.39 is 0 Å². The van der Waals surface area contributed by atoms with Crippen molar-refractivity contribution in [2.75, 3.05) is 6.54 Å². The number of hydrogen-bond acceptors (Lipinski definition) is 2. The highest BCUT2D eigenvalue weighted by molar-refractivity contribution is 5.83. The number of hydrogen-bond donors (Lipinski definition) is 2. The van der Waals surface area contributed by atoms with E-state index in [0.717, 1.165) is 11.1 Å². The highest BCUT2D eigenvalue weighted by Crippen LogP contribution is 2.16. The van der Waals surface area contributed by atoms with Gasteiger partial charge in [0.15, 0.2) is 0 Å². The molecule has 94 valence electrons. The van der Waals surface area contributed by atoms with Gasteiger partial charge in [-0.05, 0) is 32.8 Å². The molecule has 0 aliphatic rings. The minimum absolute atomic E-state index is 0.0104. The minimum atomic E-state index is -0.371. The number of rotatable bonds is 5. The molecule has 0 aliphatic carbocycles. The summed E-state index contributed by atoms with van der Waals surface area (Å²) in [5, 5.41) is 11.9. The largest absolute Gasteiger partial charge is 0.393 e.